The van der Waals surface area contributed by atoms with Crippen molar-refractivity contribution in [2.45, 2.75) is 20.0 Å². The predicted octanol–water partition coefficient (Wildman–Crippen LogP) is 3.68. The van der Waals surface area contributed by atoms with Crippen molar-refractivity contribution >= 4 is 17.5 Å². The average molecular weight is 421 g/mol. The van der Waals surface area contributed by atoms with E-state index in [2.05, 4.69) is 41.6 Å². The lowest BCUT2D eigenvalue weighted by Gasteiger charge is -2.14. The van der Waals surface area contributed by atoms with Crippen LogP contribution in [0.3, 0.4) is 0 Å². The lowest BCUT2D eigenvalue weighted by molar-refractivity contribution is -0.123. The number of carbonyl (C=O) groups is 2. The molecule has 1 heterocycles. The van der Waals surface area contributed by atoms with Crippen molar-refractivity contribution in [1.29, 1.82) is 0 Å². The Balaban J connectivity index is 1.46. The van der Waals surface area contributed by atoms with Crippen molar-refractivity contribution < 1.29 is 18.7 Å². The van der Waals surface area contributed by atoms with Crippen LogP contribution in [0.25, 0.3) is 0 Å². The quantitative estimate of drug-likeness (QED) is 0.522. The summed E-state index contributed by atoms with van der Waals surface area (Å²) in [5.74, 6) is 0.126. The number of nitrogens with one attached hydrogen (secondary N) is 2. The molecule has 162 valence electrons. The molecule has 7 nitrogen and oxygen atoms in total. The van der Waals surface area contributed by atoms with Crippen molar-refractivity contribution in [1.82, 2.24) is 10.2 Å². The van der Waals surface area contributed by atoms with E-state index in [0.717, 1.165) is 18.7 Å². The molecule has 0 radical (unpaired) electrons. The van der Waals surface area contributed by atoms with Gasteiger partial charge in [-0.25, -0.2) is 0 Å². The second-order valence-electron chi connectivity index (χ2n) is 7.18. The number of anilines is 1. The third-order valence-corrected chi connectivity index (χ3v) is 4.68. The van der Waals surface area contributed by atoms with E-state index in [1.54, 1.807) is 36.4 Å². The first-order valence-corrected chi connectivity index (χ1v) is 10.1. The van der Waals surface area contributed by atoms with Gasteiger partial charge in [-0.1, -0.05) is 37.3 Å². The van der Waals surface area contributed by atoms with E-state index >= 15 is 0 Å². The van der Waals surface area contributed by atoms with Gasteiger partial charge in [0.25, 0.3) is 11.8 Å². The Morgan fingerprint density at radius 1 is 1.03 bits per heavy atom. The van der Waals surface area contributed by atoms with Gasteiger partial charge in [-0.05, 0) is 49.0 Å². The number of hydrogen-bond acceptors (Lipinski definition) is 5. The van der Waals surface area contributed by atoms with E-state index in [9.17, 15) is 9.59 Å². The van der Waals surface area contributed by atoms with Crippen LogP contribution in [0.2, 0.25) is 0 Å². The molecule has 0 aliphatic heterocycles. The predicted molar refractivity (Wildman–Crippen MR) is 119 cm³/mol. The van der Waals surface area contributed by atoms with Crippen LogP contribution in [0.1, 0.15) is 28.6 Å². The summed E-state index contributed by atoms with van der Waals surface area (Å²) in [5, 5.41) is 5.59. The van der Waals surface area contributed by atoms with Gasteiger partial charge in [0.2, 0.25) is 0 Å². The monoisotopic (exact) mass is 421 g/mol. The summed E-state index contributed by atoms with van der Waals surface area (Å²) in [4.78, 5) is 26.5. The summed E-state index contributed by atoms with van der Waals surface area (Å²) in [6.45, 7) is 4.28. The summed E-state index contributed by atoms with van der Waals surface area (Å²) in [6, 6.07) is 18.2. The van der Waals surface area contributed by atoms with Crippen LogP contribution >= 0.6 is 0 Å². The maximum absolute atomic E-state index is 12.2. The lowest BCUT2D eigenvalue weighted by Crippen LogP contribution is -2.28. The Morgan fingerprint density at radius 3 is 2.61 bits per heavy atom. The molecular formula is C24H27N3O4. The van der Waals surface area contributed by atoms with Gasteiger partial charge in [-0.15, -0.1) is 0 Å². The van der Waals surface area contributed by atoms with E-state index in [1.807, 2.05) is 12.1 Å². The van der Waals surface area contributed by atoms with Crippen LogP contribution in [0.5, 0.6) is 5.75 Å². The fraction of sp³-hybridized carbons (Fsp3) is 0.250. The molecule has 0 aliphatic rings. The minimum Gasteiger partial charge on any atom is -0.484 e. The molecule has 0 aliphatic carbocycles. The molecule has 0 bridgehead atoms. The second kappa shape index (κ2) is 11.0. The number of benzene rings is 2. The molecule has 31 heavy (non-hydrogen) atoms. The minimum atomic E-state index is -0.354. The van der Waals surface area contributed by atoms with Crippen LogP contribution in [-0.2, 0) is 17.9 Å². The maximum atomic E-state index is 12.2. The third kappa shape index (κ3) is 7.01. The molecule has 3 aromatic rings. The van der Waals surface area contributed by atoms with Crippen molar-refractivity contribution in [2.75, 3.05) is 25.5 Å². The molecule has 7 heteroatoms. The largest absolute Gasteiger partial charge is 0.484 e. The van der Waals surface area contributed by atoms with Gasteiger partial charge in [-0.3, -0.25) is 9.59 Å². The van der Waals surface area contributed by atoms with Crippen LogP contribution in [0.15, 0.2) is 71.3 Å². The lowest BCUT2D eigenvalue weighted by atomic mass is 10.1. The molecule has 1 aromatic heterocycles. The van der Waals surface area contributed by atoms with Gasteiger partial charge in [-0.2, -0.15) is 0 Å². The molecule has 0 unspecified atom stereocenters. The summed E-state index contributed by atoms with van der Waals surface area (Å²) in [6.07, 6.45) is 1.44. The summed E-state index contributed by atoms with van der Waals surface area (Å²) in [5.41, 5.74) is 2.80. The third-order valence-electron chi connectivity index (χ3n) is 4.68. The van der Waals surface area contributed by atoms with E-state index in [-0.39, 0.29) is 24.2 Å². The zero-order chi connectivity index (χ0) is 22.1. The Bertz CT molecular complexity index is 1000. The minimum absolute atomic E-state index is 0.117. The highest BCUT2D eigenvalue weighted by atomic mass is 16.5. The fourth-order valence-electron chi connectivity index (χ4n) is 2.93. The van der Waals surface area contributed by atoms with E-state index in [1.165, 1.54) is 11.8 Å². The first-order valence-electron chi connectivity index (χ1n) is 10.1. The van der Waals surface area contributed by atoms with Crippen LogP contribution in [-0.4, -0.2) is 36.9 Å². The van der Waals surface area contributed by atoms with Crippen molar-refractivity contribution in [3.8, 4) is 5.75 Å². The van der Waals surface area contributed by atoms with Crippen LogP contribution in [0.4, 0.5) is 5.69 Å². The first kappa shape index (κ1) is 22.1. The zero-order valence-electron chi connectivity index (χ0n) is 17.8. The maximum Gasteiger partial charge on any atom is 0.291 e. The van der Waals surface area contributed by atoms with Crippen LogP contribution < -0.4 is 15.4 Å². The Kier molecular flexibility index (Phi) is 7.84. The van der Waals surface area contributed by atoms with Gasteiger partial charge in [0.15, 0.2) is 12.4 Å². The van der Waals surface area contributed by atoms with E-state index < -0.39 is 0 Å². The molecule has 3 rings (SSSR count). The normalized spacial score (nSPS) is 10.7. The van der Waals surface area contributed by atoms with E-state index in [0.29, 0.717) is 18.0 Å². The molecule has 2 N–H and O–H groups in total. The molecule has 0 atom stereocenters. The number of nitrogens with zero attached hydrogens (tertiary/aromatic N) is 1. The number of carbonyl (C=O) groups excluding carboxylic acids is 2. The molecule has 0 spiro atoms. The van der Waals surface area contributed by atoms with Crippen LogP contribution in [0, 0.1) is 0 Å². The van der Waals surface area contributed by atoms with Crippen molar-refractivity contribution in [2.24, 2.45) is 0 Å². The molecule has 2 aromatic carbocycles. The number of hydrogen-bond donors (Lipinski definition) is 2. The molecule has 0 fully saturated rings. The van der Waals surface area contributed by atoms with Crippen molar-refractivity contribution in [3.63, 3.8) is 0 Å². The van der Waals surface area contributed by atoms with E-state index in [4.69, 9.17) is 9.15 Å². The second-order valence-corrected chi connectivity index (χ2v) is 7.18. The Labute approximate surface area is 182 Å². The standard InChI is InChI=1S/C24H27N3O4/c1-3-27(2)16-19-8-4-7-18(13-19)15-25-23(28)17-31-21-10-5-9-20(14-21)26-24(29)22-11-6-12-30-22/h4-14H,3,15-17H2,1-2H3,(H,25,28)(H,26,29). The number of rotatable bonds is 10. The van der Waals surface area contributed by atoms with Gasteiger partial charge < -0.3 is 24.7 Å². The number of ether oxygens (including phenoxy) is 1. The van der Waals surface area contributed by atoms with Gasteiger partial charge in [0, 0.05) is 24.8 Å². The average Bonchev–Trinajstić information content (AvgIpc) is 3.32. The first-order chi connectivity index (χ1) is 15.0. The highest BCUT2D eigenvalue weighted by Gasteiger charge is 2.10. The van der Waals surface area contributed by atoms with Crippen molar-refractivity contribution in [3.05, 3.63) is 83.8 Å². The molecule has 0 saturated carbocycles. The topological polar surface area (TPSA) is 83.8 Å². The SMILES string of the molecule is CCN(C)Cc1cccc(CNC(=O)COc2cccc(NC(=O)c3ccco3)c2)c1. The van der Waals surface area contributed by atoms with Gasteiger partial charge in [0.05, 0.1) is 6.26 Å². The highest BCUT2D eigenvalue weighted by molar-refractivity contribution is 6.02. The fourth-order valence-corrected chi connectivity index (χ4v) is 2.93. The summed E-state index contributed by atoms with van der Waals surface area (Å²) < 4.78 is 10.6. The Hall–Kier alpha value is -3.58. The molecule has 0 saturated heterocycles. The van der Waals surface area contributed by atoms with Gasteiger partial charge >= 0.3 is 0 Å². The Morgan fingerprint density at radius 2 is 1.84 bits per heavy atom. The smallest absolute Gasteiger partial charge is 0.291 e. The molecular weight excluding hydrogens is 394 g/mol. The summed E-state index contributed by atoms with van der Waals surface area (Å²) >= 11 is 0. The number of furan rings is 1. The molecule has 2 amide bonds. The zero-order valence-corrected chi connectivity index (χ0v) is 17.8. The highest BCUT2D eigenvalue weighted by Crippen LogP contribution is 2.18. The number of amides is 2. The van der Waals surface area contributed by atoms with Gasteiger partial charge in [0.1, 0.15) is 5.75 Å². The summed E-state index contributed by atoms with van der Waals surface area (Å²) in [7, 11) is 2.07.